The Kier molecular flexibility index (Phi) is 15.7. The number of rotatable bonds is 15. The molecule has 57 heavy (non-hydrogen) atoms. The van der Waals surface area contributed by atoms with Crippen molar-refractivity contribution in [2.75, 3.05) is 6.61 Å². The minimum absolute atomic E-state index is 0.0165. The highest BCUT2D eigenvalue weighted by Crippen LogP contribution is 2.49. The molecule has 14 heteroatoms. The van der Waals surface area contributed by atoms with Crippen LogP contribution in [-0.4, -0.2) is 93.3 Å². The van der Waals surface area contributed by atoms with Crippen molar-refractivity contribution >= 4 is 17.8 Å². The highest BCUT2D eigenvalue weighted by Gasteiger charge is 2.45. The van der Waals surface area contributed by atoms with Crippen molar-refractivity contribution in [3.8, 4) is 0 Å². The van der Waals surface area contributed by atoms with Gasteiger partial charge in [0.25, 0.3) is 0 Å². The van der Waals surface area contributed by atoms with Crippen LogP contribution in [0.5, 0.6) is 0 Å². The van der Waals surface area contributed by atoms with E-state index in [0.29, 0.717) is 43.8 Å². The zero-order chi connectivity index (χ0) is 40.7. The van der Waals surface area contributed by atoms with Gasteiger partial charge in [-0.2, -0.15) is 5.48 Å². The molecule has 6 aliphatic carbocycles. The van der Waals surface area contributed by atoms with Crippen molar-refractivity contribution in [1.82, 2.24) is 10.8 Å². The number of aliphatic hydroxyl groups is 1. The minimum Gasteiger partial charge on any atom is -0.481 e. The normalized spacial score (nSPS) is 39.5. The molecule has 0 aromatic heterocycles. The molecule has 0 aliphatic heterocycles. The number of carboxylic acid groups (broad SMARTS) is 2. The van der Waals surface area contributed by atoms with Crippen LogP contribution in [0.1, 0.15) is 155 Å². The Morgan fingerprint density at radius 3 is 1.60 bits per heavy atom. The number of hydrogen-bond donors (Lipinski definition) is 5. The molecule has 1 amide bonds. The van der Waals surface area contributed by atoms with Gasteiger partial charge in [-0.25, -0.2) is 0 Å². The lowest BCUT2D eigenvalue weighted by Crippen LogP contribution is -2.48. The van der Waals surface area contributed by atoms with Gasteiger partial charge in [0, 0.05) is 29.8 Å². The molecule has 324 valence electrons. The van der Waals surface area contributed by atoms with Gasteiger partial charge >= 0.3 is 11.9 Å². The number of ether oxygens (including phenoxy) is 2. The first kappa shape index (κ1) is 44.2. The molecule has 0 saturated heterocycles. The quantitative estimate of drug-likeness (QED) is 0.0897. The zero-order valence-corrected chi connectivity index (χ0v) is 34.4. The maximum Gasteiger partial charge on any atom is 0.307 e. The summed E-state index contributed by atoms with van der Waals surface area (Å²) in [7, 11) is 0. The first-order chi connectivity index (χ1) is 27.3. The van der Waals surface area contributed by atoms with E-state index in [2.05, 4.69) is 24.6 Å². The molecular formula is C43H71N3O11. The highest BCUT2D eigenvalue weighted by molar-refractivity contribution is 5.85. The van der Waals surface area contributed by atoms with Crippen molar-refractivity contribution in [2.24, 2.45) is 40.9 Å². The second kappa shape index (κ2) is 20.2. The standard InChI is InChI=1S/C43H71N3O11/c1-43(2,28-5-15-34(16-6-28)57-36-19-9-30(10-20-36)45-55-25-26-23-32(47)12-22-37(26)41(49)50)27-3-13-33(14-4-27)56-35-17-7-29(8-18-35)44-40(48)39-24-31(46(53)54)11-21-38(39)42(51)52/h26-39,45,47H,3-25H2,1-2H3,(H,44,48)(H,49,50)(H,51,52). The Hall–Kier alpha value is -2.39. The minimum atomic E-state index is -1.05. The van der Waals surface area contributed by atoms with Crippen molar-refractivity contribution in [3.05, 3.63) is 10.1 Å². The highest BCUT2D eigenvalue weighted by atomic mass is 16.6. The third-order valence-corrected chi connectivity index (χ3v) is 15.5. The van der Waals surface area contributed by atoms with Crippen LogP contribution in [0, 0.1) is 51.0 Å². The number of hydrogen-bond acceptors (Lipinski definition) is 10. The summed E-state index contributed by atoms with van der Waals surface area (Å²) in [6.45, 7) is 5.28. The van der Waals surface area contributed by atoms with E-state index in [1.54, 1.807) is 0 Å². The van der Waals surface area contributed by atoms with Crippen molar-refractivity contribution < 1.29 is 48.9 Å². The van der Waals surface area contributed by atoms with E-state index < -0.39 is 41.8 Å². The van der Waals surface area contributed by atoms with Crippen LogP contribution < -0.4 is 10.8 Å². The van der Waals surface area contributed by atoms with E-state index in [1.807, 2.05) is 0 Å². The maximum absolute atomic E-state index is 13.1. The molecule has 0 heterocycles. The lowest BCUT2D eigenvalue weighted by Gasteiger charge is -2.47. The molecule has 0 aromatic carbocycles. The van der Waals surface area contributed by atoms with E-state index in [9.17, 15) is 39.8 Å². The molecule has 0 bridgehead atoms. The lowest BCUT2D eigenvalue weighted by atomic mass is 9.60. The molecular weight excluding hydrogens is 734 g/mol. The number of aliphatic carboxylic acids is 2. The molecule has 6 fully saturated rings. The number of amides is 1. The summed E-state index contributed by atoms with van der Waals surface area (Å²) >= 11 is 0. The van der Waals surface area contributed by atoms with E-state index in [0.717, 1.165) is 77.0 Å². The third kappa shape index (κ3) is 11.9. The third-order valence-electron chi connectivity index (χ3n) is 15.5. The fraction of sp³-hybridized carbons (Fsp3) is 0.930. The monoisotopic (exact) mass is 806 g/mol. The summed E-state index contributed by atoms with van der Waals surface area (Å²) in [5.41, 5.74) is 3.46. The van der Waals surface area contributed by atoms with Gasteiger partial charge in [0.05, 0.1) is 54.9 Å². The Balaban J connectivity index is 0.833. The largest absolute Gasteiger partial charge is 0.481 e. The zero-order valence-electron chi connectivity index (χ0n) is 34.4. The van der Waals surface area contributed by atoms with Gasteiger partial charge in [-0.15, -0.1) is 0 Å². The van der Waals surface area contributed by atoms with Crippen LogP contribution in [-0.2, 0) is 28.7 Å². The van der Waals surface area contributed by atoms with E-state index in [1.165, 1.54) is 25.7 Å². The Bertz CT molecular complexity index is 1330. The Labute approximate surface area is 338 Å². The Morgan fingerprint density at radius 2 is 1.11 bits per heavy atom. The first-order valence-corrected chi connectivity index (χ1v) is 22.5. The molecule has 0 spiro atoms. The predicted molar refractivity (Wildman–Crippen MR) is 210 cm³/mol. The van der Waals surface area contributed by atoms with Crippen LogP contribution in [0.15, 0.2) is 0 Å². The smallest absolute Gasteiger partial charge is 0.307 e. The van der Waals surface area contributed by atoms with Gasteiger partial charge in [-0.3, -0.25) is 24.5 Å². The number of carboxylic acids is 2. The van der Waals surface area contributed by atoms with Crippen LogP contribution in [0.4, 0.5) is 0 Å². The number of nitrogens with zero attached hydrogens (tertiary/aromatic N) is 1. The van der Waals surface area contributed by atoms with Crippen LogP contribution >= 0.6 is 0 Å². The van der Waals surface area contributed by atoms with Gasteiger partial charge in [0.15, 0.2) is 0 Å². The van der Waals surface area contributed by atoms with E-state index in [-0.39, 0.29) is 71.8 Å². The summed E-state index contributed by atoms with van der Waals surface area (Å²) in [6, 6.07) is -0.672. The van der Waals surface area contributed by atoms with Gasteiger partial charge in [-0.1, -0.05) is 13.8 Å². The molecule has 0 aromatic rings. The Morgan fingerprint density at radius 1 is 0.632 bits per heavy atom. The summed E-state index contributed by atoms with van der Waals surface area (Å²) in [5, 5.41) is 43.6. The second-order valence-corrected chi connectivity index (χ2v) is 19.4. The number of nitro groups is 1. The summed E-state index contributed by atoms with van der Waals surface area (Å²) < 4.78 is 13.3. The lowest BCUT2D eigenvalue weighted by molar-refractivity contribution is -0.528. The molecule has 6 atom stereocenters. The number of nitrogens with one attached hydrogen (secondary N) is 2. The van der Waals surface area contributed by atoms with Crippen LogP contribution in [0.2, 0.25) is 0 Å². The van der Waals surface area contributed by atoms with Gasteiger partial charge in [-0.05, 0) is 152 Å². The fourth-order valence-corrected chi connectivity index (χ4v) is 11.7. The van der Waals surface area contributed by atoms with Crippen molar-refractivity contribution in [2.45, 2.75) is 204 Å². The summed E-state index contributed by atoms with van der Waals surface area (Å²) in [4.78, 5) is 53.3. The average molecular weight is 806 g/mol. The molecule has 0 radical (unpaired) electrons. The average Bonchev–Trinajstić information content (AvgIpc) is 3.19. The fourth-order valence-electron chi connectivity index (χ4n) is 11.7. The van der Waals surface area contributed by atoms with Crippen LogP contribution in [0.25, 0.3) is 0 Å². The number of carbonyl (C=O) groups is 3. The molecule has 6 rings (SSSR count). The molecule has 5 N–H and O–H groups in total. The molecule has 6 unspecified atom stereocenters. The molecule has 6 aliphatic rings. The van der Waals surface area contributed by atoms with E-state index in [4.69, 9.17) is 14.3 Å². The predicted octanol–water partition coefficient (Wildman–Crippen LogP) is 6.43. The summed E-state index contributed by atoms with van der Waals surface area (Å²) in [5.74, 6) is -3.18. The van der Waals surface area contributed by atoms with E-state index >= 15 is 0 Å². The number of hydroxylamine groups is 1. The SMILES string of the molecule is CC(C)(C1CCC(OC2CCC(NOCC3CC(O)CCC3C(=O)O)CC2)CC1)C1CCC(OC2CCC(NC(=O)C3CC([N+](=O)[O-])CCC3C(=O)O)CC2)CC1. The van der Waals surface area contributed by atoms with Gasteiger partial charge in [0.1, 0.15) is 0 Å². The number of aliphatic hydroxyl groups excluding tert-OH is 1. The van der Waals surface area contributed by atoms with Crippen molar-refractivity contribution in [3.63, 3.8) is 0 Å². The molecule has 6 saturated carbocycles. The summed E-state index contributed by atoms with van der Waals surface area (Å²) in [6.07, 6.45) is 18.8. The first-order valence-electron chi connectivity index (χ1n) is 22.5. The van der Waals surface area contributed by atoms with Crippen LogP contribution in [0.3, 0.4) is 0 Å². The topological polar surface area (TPSA) is 207 Å². The maximum atomic E-state index is 13.1. The number of carbonyl (C=O) groups excluding carboxylic acids is 1. The second-order valence-electron chi connectivity index (χ2n) is 19.4. The van der Waals surface area contributed by atoms with Gasteiger partial charge < -0.3 is 34.9 Å². The van der Waals surface area contributed by atoms with Crippen molar-refractivity contribution in [1.29, 1.82) is 0 Å². The van der Waals surface area contributed by atoms with Gasteiger partial charge in [0.2, 0.25) is 11.9 Å². The molecule has 14 nitrogen and oxygen atoms in total.